The summed E-state index contributed by atoms with van der Waals surface area (Å²) in [5.41, 5.74) is 0.960. The van der Waals surface area contributed by atoms with Crippen molar-refractivity contribution in [3.05, 3.63) is 28.2 Å². The average molecular weight is 229 g/mol. The van der Waals surface area contributed by atoms with Crippen LogP contribution in [-0.2, 0) is 11.2 Å². The van der Waals surface area contributed by atoms with E-state index in [-0.39, 0.29) is 5.75 Å². The van der Waals surface area contributed by atoms with Gasteiger partial charge in [0.15, 0.2) is 0 Å². The number of carbonyl (C=O) groups excluding carboxylic acids is 1. The summed E-state index contributed by atoms with van der Waals surface area (Å²) in [7, 11) is 0. The second-order valence-electron chi connectivity index (χ2n) is 2.46. The van der Waals surface area contributed by atoms with Gasteiger partial charge in [-0.25, -0.2) is 0 Å². The molecule has 0 bridgehead atoms. The number of phenolic OH excluding ortho intramolecular Hbond substituents is 1. The predicted molar refractivity (Wildman–Crippen MR) is 50.2 cm³/mol. The fourth-order valence-electron chi connectivity index (χ4n) is 0.974. The number of aromatic hydroxyl groups is 1. The molecule has 3 heteroatoms. The zero-order valence-corrected chi connectivity index (χ0v) is 8.04. The minimum Gasteiger partial charge on any atom is -0.507 e. The Labute approximate surface area is 79.3 Å². The first kappa shape index (κ1) is 9.26. The van der Waals surface area contributed by atoms with E-state index >= 15 is 0 Å². The third-order valence-electron chi connectivity index (χ3n) is 1.59. The molecule has 0 fully saturated rings. The normalized spacial score (nSPS) is 9.75. The number of halogens is 1. The van der Waals surface area contributed by atoms with E-state index in [0.717, 1.165) is 11.8 Å². The van der Waals surface area contributed by atoms with Gasteiger partial charge in [-0.1, -0.05) is 12.1 Å². The summed E-state index contributed by atoms with van der Waals surface area (Å²) in [6.45, 7) is 0. The summed E-state index contributed by atoms with van der Waals surface area (Å²) in [6, 6.07) is 5.25. The average Bonchev–Trinajstić information content (AvgIpc) is 2.08. The Bertz CT molecular complexity index is 284. The van der Waals surface area contributed by atoms with Crippen LogP contribution in [0.15, 0.2) is 22.7 Å². The van der Waals surface area contributed by atoms with Crippen molar-refractivity contribution in [3.63, 3.8) is 0 Å². The quantitative estimate of drug-likeness (QED) is 0.807. The second kappa shape index (κ2) is 4.26. The fraction of sp³-hybridized carbons (Fsp3) is 0.222. The summed E-state index contributed by atoms with van der Waals surface area (Å²) in [4.78, 5) is 10.1. The van der Waals surface area contributed by atoms with E-state index in [1.165, 1.54) is 0 Å². The maximum atomic E-state index is 10.1. The lowest BCUT2D eigenvalue weighted by atomic mass is 10.1. The first-order valence-corrected chi connectivity index (χ1v) is 4.45. The number of aryl methyl sites for hydroxylation is 1. The van der Waals surface area contributed by atoms with Gasteiger partial charge in [-0.05, 0) is 34.0 Å². The van der Waals surface area contributed by atoms with E-state index in [0.29, 0.717) is 17.3 Å². The Morgan fingerprint density at radius 3 is 2.92 bits per heavy atom. The summed E-state index contributed by atoms with van der Waals surface area (Å²) in [5, 5.41) is 9.26. The molecule has 1 aromatic rings. The standard InChI is InChI=1S/C9H9BrO2/c10-9-7(4-2-6-11)3-1-5-8(9)12/h1,3,5-6,12H,2,4H2. The molecule has 0 amide bonds. The Morgan fingerprint density at radius 2 is 2.25 bits per heavy atom. The zero-order valence-electron chi connectivity index (χ0n) is 6.46. The molecule has 1 rings (SSSR count). The lowest BCUT2D eigenvalue weighted by molar-refractivity contribution is -0.107. The third kappa shape index (κ3) is 2.08. The van der Waals surface area contributed by atoms with Crippen molar-refractivity contribution in [2.24, 2.45) is 0 Å². The number of hydrogen-bond acceptors (Lipinski definition) is 2. The van der Waals surface area contributed by atoms with Gasteiger partial charge in [0.2, 0.25) is 0 Å². The van der Waals surface area contributed by atoms with Crippen LogP contribution in [-0.4, -0.2) is 11.4 Å². The minimum absolute atomic E-state index is 0.221. The molecule has 0 heterocycles. The largest absolute Gasteiger partial charge is 0.507 e. The van der Waals surface area contributed by atoms with Crippen molar-refractivity contribution in [2.75, 3.05) is 0 Å². The molecular weight excluding hydrogens is 220 g/mol. The number of carbonyl (C=O) groups is 1. The van der Waals surface area contributed by atoms with Gasteiger partial charge in [0, 0.05) is 6.42 Å². The molecule has 0 aliphatic heterocycles. The number of phenols is 1. The van der Waals surface area contributed by atoms with Crippen molar-refractivity contribution in [3.8, 4) is 5.75 Å². The van der Waals surface area contributed by atoms with Crippen LogP contribution in [0.3, 0.4) is 0 Å². The SMILES string of the molecule is O=CCCc1cccc(O)c1Br. The highest BCUT2D eigenvalue weighted by molar-refractivity contribution is 9.10. The Balaban J connectivity index is 2.84. The molecule has 2 nitrogen and oxygen atoms in total. The lowest BCUT2D eigenvalue weighted by Gasteiger charge is -2.02. The molecule has 1 N–H and O–H groups in total. The molecular formula is C9H9BrO2. The Hall–Kier alpha value is -0.830. The smallest absolute Gasteiger partial charge is 0.130 e. The molecule has 12 heavy (non-hydrogen) atoms. The molecule has 0 radical (unpaired) electrons. The summed E-state index contributed by atoms with van der Waals surface area (Å²) < 4.78 is 0.687. The van der Waals surface area contributed by atoms with Crippen molar-refractivity contribution >= 4 is 22.2 Å². The van der Waals surface area contributed by atoms with E-state index < -0.39 is 0 Å². The van der Waals surface area contributed by atoms with Gasteiger partial charge >= 0.3 is 0 Å². The van der Waals surface area contributed by atoms with Gasteiger partial charge in [0.25, 0.3) is 0 Å². The number of rotatable bonds is 3. The molecule has 1 aromatic carbocycles. The van der Waals surface area contributed by atoms with E-state index in [2.05, 4.69) is 15.9 Å². The van der Waals surface area contributed by atoms with Crippen molar-refractivity contribution in [1.29, 1.82) is 0 Å². The first-order chi connectivity index (χ1) is 5.75. The number of hydrogen-bond donors (Lipinski definition) is 1. The van der Waals surface area contributed by atoms with Crippen LogP contribution in [0.5, 0.6) is 5.75 Å². The van der Waals surface area contributed by atoms with Crippen LogP contribution < -0.4 is 0 Å². The third-order valence-corrected chi connectivity index (χ3v) is 2.51. The maximum Gasteiger partial charge on any atom is 0.130 e. The molecule has 0 saturated carbocycles. The van der Waals surface area contributed by atoms with E-state index in [4.69, 9.17) is 0 Å². The topological polar surface area (TPSA) is 37.3 Å². The number of aldehydes is 1. The predicted octanol–water partition coefficient (Wildman–Crippen LogP) is 2.29. The highest BCUT2D eigenvalue weighted by atomic mass is 79.9. The van der Waals surface area contributed by atoms with Gasteiger partial charge < -0.3 is 9.90 Å². The van der Waals surface area contributed by atoms with Gasteiger partial charge in [-0.2, -0.15) is 0 Å². The second-order valence-corrected chi connectivity index (χ2v) is 3.25. The van der Waals surface area contributed by atoms with E-state index in [9.17, 15) is 9.90 Å². The summed E-state index contributed by atoms with van der Waals surface area (Å²) >= 11 is 3.24. The molecule has 0 aliphatic rings. The molecule has 0 aromatic heterocycles. The maximum absolute atomic E-state index is 10.1. The van der Waals surface area contributed by atoms with Crippen LogP contribution in [0, 0.1) is 0 Å². The van der Waals surface area contributed by atoms with Crippen LogP contribution in [0.25, 0.3) is 0 Å². The molecule has 0 aliphatic carbocycles. The zero-order chi connectivity index (χ0) is 8.97. The number of benzene rings is 1. The summed E-state index contributed by atoms with van der Waals surface area (Å²) in [6.07, 6.45) is 2.02. The monoisotopic (exact) mass is 228 g/mol. The van der Waals surface area contributed by atoms with Crippen LogP contribution in [0.4, 0.5) is 0 Å². The van der Waals surface area contributed by atoms with Crippen LogP contribution in [0.1, 0.15) is 12.0 Å². The van der Waals surface area contributed by atoms with E-state index in [1.54, 1.807) is 12.1 Å². The fourth-order valence-corrected chi connectivity index (χ4v) is 1.44. The minimum atomic E-state index is 0.221. The Morgan fingerprint density at radius 1 is 1.50 bits per heavy atom. The highest BCUT2D eigenvalue weighted by Crippen LogP contribution is 2.27. The molecule has 0 atom stereocenters. The molecule has 0 spiro atoms. The molecule has 0 saturated heterocycles. The molecule has 64 valence electrons. The molecule has 0 unspecified atom stereocenters. The first-order valence-electron chi connectivity index (χ1n) is 3.65. The Kier molecular flexibility index (Phi) is 3.29. The lowest BCUT2D eigenvalue weighted by Crippen LogP contribution is -1.87. The van der Waals surface area contributed by atoms with Crippen LogP contribution >= 0.6 is 15.9 Å². The van der Waals surface area contributed by atoms with Crippen molar-refractivity contribution in [2.45, 2.75) is 12.8 Å². The highest BCUT2D eigenvalue weighted by Gasteiger charge is 2.02. The van der Waals surface area contributed by atoms with Gasteiger partial charge in [-0.3, -0.25) is 0 Å². The van der Waals surface area contributed by atoms with Crippen molar-refractivity contribution in [1.82, 2.24) is 0 Å². The van der Waals surface area contributed by atoms with Crippen LogP contribution in [0.2, 0.25) is 0 Å². The van der Waals surface area contributed by atoms with E-state index in [1.807, 2.05) is 6.07 Å². The van der Waals surface area contributed by atoms with Gasteiger partial charge in [0.1, 0.15) is 12.0 Å². The summed E-state index contributed by atoms with van der Waals surface area (Å²) in [5.74, 6) is 0.221. The van der Waals surface area contributed by atoms with Gasteiger partial charge in [-0.15, -0.1) is 0 Å². The van der Waals surface area contributed by atoms with Crippen molar-refractivity contribution < 1.29 is 9.90 Å². The van der Waals surface area contributed by atoms with Gasteiger partial charge in [0.05, 0.1) is 4.47 Å².